The van der Waals surface area contributed by atoms with Crippen LogP contribution in [0.15, 0.2) is 34.8 Å². The number of hydrogen-bond acceptors (Lipinski definition) is 2. The van der Waals surface area contributed by atoms with Crippen molar-refractivity contribution < 1.29 is 9.90 Å². The summed E-state index contributed by atoms with van der Waals surface area (Å²) in [6, 6.07) is 9.54. The van der Waals surface area contributed by atoms with E-state index in [1.54, 1.807) is 18.5 Å². The van der Waals surface area contributed by atoms with Gasteiger partial charge in [-0.1, -0.05) is 15.9 Å². The van der Waals surface area contributed by atoms with Crippen LogP contribution in [0.2, 0.25) is 0 Å². The summed E-state index contributed by atoms with van der Waals surface area (Å²) in [5.41, 5.74) is 1.38. The van der Waals surface area contributed by atoms with Crippen molar-refractivity contribution in [3.63, 3.8) is 0 Å². The third-order valence-corrected chi connectivity index (χ3v) is 3.66. The molecule has 0 aliphatic heterocycles. The van der Waals surface area contributed by atoms with Crippen LogP contribution in [0.1, 0.15) is 25.2 Å². The summed E-state index contributed by atoms with van der Waals surface area (Å²) >= 11 is 3.39. The minimum absolute atomic E-state index is 0.556. The van der Waals surface area contributed by atoms with Crippen molar-refractivity contribution in [1.29, 1.82) is 0 Å². The summed E-state index contributed by atoms with van der Waals surface area (Å²) in [5.74, 6) is -0.882. The van der Waals surface area contributed by atoms with Gasteiger partial charge in [-0.3, -0.25) is 4.79 Å². The molecule has 2 rings (SSSR count). The Bertz CT molecular complexity index is 615. The molecule has 0 radical (unpaired) electrons. The van der Waals surface area contributed by atoms with Crippen LogP contribution in [-0.4, -0.2) is 20.9 Å². The van der Waals surface area contributed by atoms with Crippen LogP contribution in [0, 0.1) is 6.92 Å². The molecule has 0 spiro atoms. The number of aliphatic carboxylic acids is 1. The minimum atomic E-state index is -0.995. The summed E-state index contributed by atoms with van der Waals surface area (Å²) in [7, 11) is 0. The van der Waals surface area contributed by atoms with Gasteiger partial charge in [-0.05, 0) is 51.1 Å². The predicted molar refractivity (Wildman–Crippen MR) is 76.7 cm³/mol. The first kappa shape index (κ1) is 13.8. The normalized spacial score (nSPS) is 11.6. The SMILES string of the molecule is Cc1cc(C(C)(C)C(=O)O)nn1-c1ccc(Br)cc1. The summed E-state index contributed by atoms with van der Waals surface area (Å²) in [6.45, 7) is 5.22. The highest BCUT2D eigenvalue weighted by Crippen LogP contribution is 2.24. The number of aryl methyl sites for hydroxylation is 1. The maximum absolute atomic E-state index is 11.3. The second-order valence-electron chi connectivity index (χ2n) is 4.99. The molecule has 0 amide bonds. The predicted octanol–water partition coefficient (Wildman–Crippen LogP) is 3.31. The lowest BCUT2D eigenvalue weighted by atomic mass is 9.89. The Morgan fingerprint density at radius 3 is 2.42 bits per heavy atom. The molecule has 0 fully saturated rings. The highest BCUT2D eigenvalue weighted by molar-refractivity contribution is 9.10. The summed E-state index contributed by atoms with van der Waals surface area (Å²) in [6.07, 6.45) is 0. The fourth-order valence-corrected chi connectivity index (χ4v) is 2.00. The largest absolute Gasteiger partial charge is 0.481 e. The minimum Gasteiger partial charge on any atom is -0.481 e. The Labute approximate surface area is 120 Å². The fraction of sp³-hybridized carbons (Fsp3) is 0.286. The Balaban J connectivity index is 2.47. The molecule has 0 bridgehead atoms. The molecular weight excluding hydrogens is 308 g/mol. The van der Waals surface area contributed by atoms with Crippen LogP contribution in [0.5, 0.6) is 0 Å². The molecule has 2 aromatic rings. The van der Waals surface area contributed by atoms with E-state index in [4.69, 9.17) is 0 Å². The van der Waals surface area contributed by atoms with Crippen molar-refractivity contribution in [2.24, 2.45) is 0 Å². The number of nitrogens with zero attached hydrogens (tertiary/aromatic N) is 2. The van der Waals surface area contributed by atoms with Crippen LogP contribution in [0.25, 0.3) is 5.69 Å². The quantitative estimate of drug-likeness (QED) is 0.943. The van der Waals surface area contributed by atoms with E-state index in [0.29, 0.717) is 5.69 Å². The smallest absolute Gasteiger partial charge is 0.315 e. The zero-order valence-electron chi connectivity index (χ0n) is 11.0. The standard InChI is InChI=1S/C14H15BrN2O2/c1-9-8-12(14(2,3)13(18)19)16-17(9)11-6-4-10(15)5-7-11/h4-8H,1-3H3,(H,18,19). The van der Waals surface area contributed by atoms with Crippen LogP contribution >= 0.6 is 15.9 Å². The lowest BCUT2D eigenvalue weighted by Gasteiger charge is -2.15. The van der Waals surface area contributed by atoms with Crippen molar-refractivity contribution >= 4 is 21.9 Å². The second kappa shape index (κ2) is 4.81. The van der Waals surface area contributed by atoms with Crippen molar-refractivity contribution in [1.82, 2.24) is 9.78 Å². The van der Waals surface area contributed by atoms with Gasteiger partial charge in [0, 0.05) is 10.2 Å². The third kappa shape index (κ3) is 2.56. The van der Waals surface area contributed by atoms with Gasteiger partial charge in [-0.25, -0.2) is 4.68 Å². The number of hydrogen-bond donors (Lipinski definition) is 1. The van der Waals surface area contributed by atoms with Crippen molar-refractivity contribution in [2.75, 3.05) is 0 Å². The van der Waals surface area contributed by atoms with Gasteiger partial charge in [0.2, 0.25) is 0 Å². The van der Waals surface area contributed by atoms with E-state index < -0.39 is 11.4 Å². The number of carbonyl (C=O) groups is 1. The maximum Gasteiger partial charge on any atom is 0.315 e. The van der Waals surface area contributed by atoms with Crippen LogP contribution in [0.3, 0.4) is 0 Å². The number of aromatic nitrogens is 2. The zero-order chi connectivity index (χ0) is 14.2. The Morgan fingerprint density at radius 2 is 1.89 bits per heavy atom. The first-order valence-electron chi connectivity index (χ1n) is 5.89. The zero-order valence-corrected chi connectivity index (χ0v) is 12.6. The maximum atomic E-state index is 11.3. The van der Waals surface area contributed by atoms with Crippen LogP contribution in [0.4, 0.5) is 0 Å². The molecule has 0 atom stereocenters. The van der Waals surface area contributed by atoms with Crippen molar-refractivity contribution in [3.05, 3.63) is 46.2 Å². The van der Waals surface area contributed by atoms with Crippen molar-refractivity contribution in [3.8, 4) is 5.69 Å². The van der Waals surface area contributed by atoms with Crippen LogP contribution < -0.4 is 0 Å². The molecule has 5 heteroatoms. The molecule has 0 unspecified atom stereocenters. The number of rotatable bonds is 3. The summed E-state index contributed by atoms with van der Waals surface area (Å²) in [4.78, 5) is 11.3. The van der Waals surface area contributed by atoms with Gasteiger partial charge in [-0.15, -0.1) is 0 Å². The Hall–Kier alpha value is -1.62. The first-order chi connectivity index (χ1) is 8.82. The molecule has 1 heterocycles. The molecule has 0 saturated carbocycles. The Kier molecular flexibility index (Phi) is 3.49. The van der Waals surface area contributed by atoms with Gasteiger partial charge in [0.05, 0.1) is 11.4 Å². The van der Waals surface area contributed by atoms with E-state index in [2.05, 4.69) is 21.0 Å². The number of halogens is 1. The van der Waals surface area contributed by atoms with E-state index in [1.807, 2.05) is 37.3 Å². The van der Waals surface area contributed by atoms with E-state index in [0.717, 1.165) is 15.9 Å². The lowest BCUT2D eigenvalue weighted by Crippen LogP contribution is -2.29. The van der Waals surface area contributed by atoms with Crippen molar-refractivity contribution in [2.45, 2.75) is 26.2 Å². The van der Waals surface area contributed by atoms with E-state index >= 15 is 0 Å². The van der Waals surface area contributed by atoms with Gasteiger partial charge in [0.25, 0.3) is 0 Å². The second-order valence-corrected chi connectivity index (χ2v) is 5.91. The van der Waals surface area contributed by atoms with E-state index in [9.17, 15) is 9.90 Å². The van der Waals surface area contributed by atoms with Gasteiger partial charge in [-0.2, -0.15) is 5.10 Å². The van der Waals surface area contributed by atoms with Gasteiger partial charge >= 0.3 is 5.97 Å². The molecule has 1 aromatic heterocycles. The van der Waals surface area contributed by atoms with Gasteiger partial charge < -0.3 is 5.11 Å². The number of carboxylic acids is 1. The van der Waals surface area contributed by atoms with Gasteiger partial charge in [0.1, 0.15) is 5.41 Å². The average Bonchev–Trinajstić information content (AvgIpc) is 2.73. The molecule has 0 aliphatic carbocycles. The van der Waals surface area contributed by atoms with E-state index in [1.165, 1.54) is 0 Å². The molecule has 1 N–H and O–H groups in total. The number of benzene rings is 1. The van der Waals surface area contributed by atoms with Gasteiger partial charge in [0.15, 0.2) is 0 Å². The monoisotopic (exact) mass is 322 g/mol. The summed E-state index contributed by atoms with van der Waals surface area (Å²) < 4.78 is 2.75. The molecule has 1 aromatic carbocycles. The highest BCUT2D eigenvalue weighted by Gasteiger charge is 2.32. The molecular formula is C14H15BrN2O2. The topological polar surface area (TPSA) is 55.1 Å². The first-order valence-corrected chi connectivity index (χ1v) is 6.68. The lowest BCUT2D eigenvalue weighted by molar-refractivity contribution is -0.142. The Morgan fingerprint density at radius 1 is 1.32 bits per heavy atom. The summed E-state index contributed by atoms with van der Waals surface area (Å²) in [5, 5.41) is 13.7. The molecule has 19 heavy (non-hydrogen) atoms. The molecule has 100 valence electrons. The molecule has 4 nitrogen and oxygen atoms in total. The fourth-order valence-electron chi connectivity index (χ4n) is 1.73. The highest BCUT2D eigenvalue weighted by atomic mass is 79.9. The van der Waals surface area contributed by atoms with E-state index in [-0.39, 0.29) is 0 Å². The third-order valence-electron chi connectivity index (χ3n) is 3.13. The van der Waals surface area contributed by atoms with Crippen LogP contribution in [-0.2, 0) is 10.2 Å². The average molecular weight is 323 g/mol. The molecule has 0 aliphatic rings. The number of carboxylic acid groups (broad SMARTS) is 1. The molecule has 0 saturated heterocycles.